The molecule has 0 atom stereocenters. The van der Waals surface area contributed by atoms with Crippen LogP contribution < -0.4 is 4.74 Å². The summed E-state index contributed by atoms with van der Waals surface area (Å²) in [6, 6.07) is 9.86. The van der Waals surface area contributed by atoms with Gasteiger partial charge in [0, 0.05) is 6.92 Å². The van der Waals surface area contributed by atoms with Gasteiger partial charge in [-0.15, -0.1) is 0 Å². The lowest BCUT2D eigenvalue weighted by Gasteiger charge is -1.98. The summed E-state index contributed by atoms with van der Waals surface area (Å²) in [5, 5.41) is 7.58. The van der Waals surface area contributed by atoms with Crippen molar-refractivity contribution in [1.29, 1.82) is 0 Å². The van der Waals surface area contributed by atoms with Crippen LogP contribution in [0.5, 0.6) is 5.88 Å². The first kappa shape index (κ1) is 10.4. The van der Waals surface area contributed by atoms with Gasteiger partial charge in [-0.3, -0.25) is 4.79 Å². The van der Waals surface area contributed by atoms with Gasteiger partial charge < -0.3 is 4.74 Å². The molecule has 1 aromatic heterocycles. The van der Waals surface area contributed by atoms with E-state index in [0.29, 0.717) is 6.54 Å². The summed E-state index contributed by atoms with van der Waals surface area (Å²) in [7, 11) is 0. The third-order valence-corrected chi connectivity index (χ3v) is 1.95. The molecule has 0 fully saturated rings. The number of hydrogen-bond acceptors (Lipinski definition) is 4. The molecule has 0 bridgehead atoms. The number of hydrogen-bond donors (Lipinski definition) is 0. The van der Waals surface area contributed by atoms with Gasteiger partial charge in [-0.05, 0) is 5.56 Å². The molecule has 0 saturated heterocycles. The third-order valence-electron chi connectivity index (χ3n) is 1.95. The van der Waals surface area contributed by atoms with E-state index in [1.54, 1.807) is 10.9 Å². The Kier molecular flexibility index (Phi) is 2.95. The number of nitrogens with zero attached hydrogens (tertiary/aromatic N) is 3. The highest BCUT2D eigenvalue weighted by Crippen LogP contribution is 2.06. The molecular weight excluding hydrogens is 206 g/mol. The van der Waals surface area contributed by atoms with E-state index < -0.39 is 5.97 Å². The van der Waals surface area contributed by atoms with Crippen LogP contribution in [0.15, 0.2) is 36.5 Å². The fourth-order valence-electron chi connectivity index (χ4n) is 1.32. The molecule has 0 aliphatic carbocycles. The minimum Gasteiger partial charge on any atom is -0.404 e. The monoisotopic (exact) mass is 217 g/mol. The van der Waals surface area contributed by atoms with Crippen LogP contribution in [0.4, 0.5) is 0 Å². The quantitative estimate of drug-likeness (QED) is 0.726. The van der Waals surface area contributed by atoms with Gasteiger partial charge in [-0.25, -0.2) is 4.68 Å². The highest BCUT2D eigenvalue weighted by atomic mass is 16.5. The number of ether oxygens (including phenoxy) is 1. The van der Waals surface area contributed by atoms with E-state index in [-0.39, 0.29) is 5.88 Å². The Hall–Kier alpha value is -2.17. The van der Waals surface area contributed by atoms with E-state index in [4.69, 9.17) is 4.74 Å². The van der Waals surface area contributed by atoms with Crippen molar-refractivity contribution in [2.24, 2.45) is 0 Å². The topological polar surface area (TPSA) is 57.0 Å². The fraction of sp³-hybridized carbons (Fsp3) is 0.182. The fourth-order valence-corrected chi connectivity index (χ4v) is 1.32. The average Bonchev–Trinajstić information content (AvgIpc) is 2.66. The van der Waals surface area contributed by atoms with Crippen LogP contribution in [0, 0.1) is 0 Å². The minimum absolute atomic E-state index is 0.225. The Labute approximate surface area is 92.7 Å². The minimum atomic E-state index is -0.397. The van der Waals surface area contributed by atoms with E-state index in [1.807, 2.05) is 30.3 Å². The van der Waals surface area contributed by atoms with Crippen LogP contribution in [0.25, 0.3) is 0 Å². The predicted molar refractivity (Wildman–Crippen MR) is 56.9 cm³/mol. The van der Waals surface area contributed by atoms with Gasteiger partial charge in [0.2, 0.25) is 0 Å². The van der Waals surface area contributed by atoms with Gasteiger partial charge in [-0.1, -0.05) is 40.6 Å². The summed E-state index contributed by atoms with van der Waals surface area (Å²) in [5.41, 5.74) is 1.11. The maximum absolute atomic E-state index is 10.7. The molecule has 5 heteroatoms. The normalized spacial score (nSPS) is 10.1. The number of aromatic nitrogens is 3. The second-order valence-electron chi connectivity index (χ2n) is 3.33. The van der Waals surface area contributed by atoms with Crippen LogP contribution in [-0.2, 0) is 11.3 Å². The van der Waals surface area contributed by atoms with Gasteiger partial charge in [0.15, 0.2) is 0 Å². The Morgan fingerprint density at radius 1 is 1.38 bits per heavy atom. The number of carbonyl (C=O) groups is 1. The lowest BCUT2D eigenvalue weighted by Crippen LogP contribution is -2.01. The van der Waals surface area contributed by atoms with Gasteiger partial charge in [-0.2, -0.15) is 0 Å². The highest BCUT2D eigenvalue weighted by Gasteiger charge is 2.04. The van der Waals surface area contributed by atoms with E-state index >= 15 is 0 Å². The van der Waals surface area contributed by atoms with Crippen molar-refractivity contribution < 1.29 is 9.53 Å². The van der Waals surface area contributed by atoms with Crippen molar-refractivity contribution in [3.8, 4) is 5.88 Å². The highest BCUT2D eigenvalue weighted by molar-refractivity contribution is 5.68. The molecule has 0 saturated carbocycles. The van der Waals surface area contributed by atoms with Crippen LogP contribution >= 0.6 is 0 Å². The summed E-state index contributed by atoms with van der Waals surface area (Å²) < 4.78 is 6.42. The first-order valence-electron chi connectivity index (χ1n) is 4.86. The molecular formula is C11H11N3O2. The van der Waals surface area contributed by atoms with E-state index in [1.165, 1.54) is 6.92 Å². The molecule has 2 aromatic rings. The van der Waals surface area contributed by atoms with E-state index in [9.17, 15) is 4.79 Å². The van der Waals surface area contributed by atoms with Crippen molar-refractivity contribution >= 4 is 5.97 Å². The zero-order valence-electron chi connectivity index (χ0n) is 8.83. The predicted octanol–water partition coefficient (Wildman–Crippen LogP) is 1.25. The zero-order chi connectivity index (χ0) is 11.4. The molecule has 0 N–H and O–H groups in total. The van der Waals surface area contributed by atoms with Gasteiger partial charge in [0.05, 0.1) is 12.7 Å². The van der Waals surface area contributed by atoms with Crippen molar-refractivity contribution in [3.63, 3.8) is 0 Å². The molecule has 1 aromatic carbocycles. The maximum Gasteiger partial charge on any atom is 0.309 e. The van der Waals surface area contributed by atoms with E-state index in [2.05, 4.69) is 10.3 Å². The molecule has 1 heterocycles. The van der Waals surface area contributed by atoms with Crippen molar-refractivity contribution in [2.45, 2.75) is 13.5 Å². The van der Waals surface area contributed by atoms with Crippen molar-refractivity contribution in [2.75, 3.05) is 0 Å². The summed E-state index contributed by atoms with van der Waals surface area (Å²) >= 11 is 0. The maximum atomic E-state index is 10.7. The number of carbonyl (C=O) groups excluding carboxylic acids is 1. The van der Waals surface area contributed by atoms with E-state index in [0.717, 1.165) is 5.56 Å². The summed E-state index contributed by atoms with van der Waals surface area (Å²) in [6.07, 6.45) is 1.59. The molecule has 5 nitrogen and oxygen atoms in total. The van der Waals surface area contributed by atoms with Crippen molar-refractivity contribution in [3.05, 3.63) is 42.1 Å². The Bertz CT molecular complexity index is 479. The van der Waals surface area contributed by atoms with Crippen LogP contribution in [0.2, 0.25) is 0 Å². The van der Waals surface area contributed by atoms with Gasteiger partial charge >= 0.3 is 5.97 Å². The molecule has 82 valence electrons. The molecule has 2 rings (SSSR count). The van der Waals surface area contributed by atoms with Gasteiger partial charge in [0.1, 0.15) is 0 Å². The lowest BCUT2D eigenvalue weighted by atomic mass is 10.2. The lowest BCUT2D eigenvalue weighted by molar-refractivity contribution is -0.132. The second kappa shape index (κ2) is 4.57. The molecule has 16 heavy (non-hydrogen) atoms. The first-order valence-corrected chi connectivity index (χ1v) is 4.86. The first-order chi connectivity index (χ1) is 7.74. The van der Waals surface area contributed by atoms with Crippen LogP contribution in [-0.4, -0.2) is 21.0 Å². The zero-order valence-corrected chi connectivity index (χ0v) is 8.83. The largest absolute Gasteiger partial charge is 0.404 e. The van der Waals surface area contributed by atoms with Crippen molar-refractivity contribution in [1.82, 2.24) is 15.0 Å². The summed E-state index contributed by atoms with van der Waals surface area (Å²) in [6.45, 7) is 1.94. The standard InChI is InChI=1S/C11H11N3O2/c1-9(15)16-11-8-14(13-12-11)7-10-5-3-2-4-6-10/h2-6,8H,7H2,1H3. The molecule has 0 amide bonds. The smallest absolute Gasteiger partial charge is 0.309 e. The summed E-state index contributed by atoms with van der Waals surface area (Å²) in [4.78, 5) is 10.7. The Morgan fingerprint density at radius 3 is 2.81 bits per heavy atom. The Morgan fingerprint density at radius 2 is 2.12 bits per heavy atom. The number of rotatable bonds is 3. The number of benzene rings is 1. The molecule has 0 aliphatic heterocycles. The summed E-state index contributed by atoms with van der Waals surface area (Å²) in [5.74, 6) is -0.171. The Balaban J connectivity index is 2.06. The average molecular weight is 217 g/mol. The molecule has 0 spiro atoms. The second-order valence-corrected chi connectivity index (χ2v) is 3.33. The SMILES string of the molecule is CC(=O)Oc1cn(Cc2ccccc2)nn1. The third kappa shape index (κ3) is 2.66. The molecule has 0 aliphatic rings. The van der Waals surface area contributed by atoms with Gasteiger partial charge in [0.25, 0.3) is 5.88 Å². The molecule has 0 unspecified atom stereocenters. The molecule has 0 radical (unpaired) electrons. The number of esters is 1. The van der Waals surface area contributed by atoms with Crippen LogP contribution in [0.3, 0.4) is 0 Å². The van der Waals surface area contributed by atoms with Crippen LogP contribution in [0.1, 0.15) is 12.5 Å².